The van der Waals surface area contributed by atoms with Gasteiger partial charge in [0.05, 0.1) is 19.7 Å². The average Bonchev–Trinajstić information content (AvgIpc) is 2.76. The van der Waals surface area contributed by atoms with E-state index in [1.165, 1.54) is 0 Å². The third-order valence-corrected chi connectivity index (χ3v) is 6.08. The quantitative estimate of drug-likeness (QED) is 0.546. The Bertz CT molecular complexity index is 1160. The molecule has 0 saturated carbocycles. The maximum absolute atomic E-state index is 13.6. The third kappa shape index (κ3) is 3.87. The lowest BCUT2D eigenvalue weighted by molar-refractivity contribution is -0.140. The summed E-state index contributed by atoms with van der Waals surface area (Å²) < 4.78 is 5.45. The number of hydrogen-bond acceptors (Lipinski definition) is 3. The van der Waals surface area contributed by atoms with Crippen molar-refractivity contribution < 1.29 is 19.4 Å². The minimum absolute atomic E-state index is 0.157. The van der Waals surface area contributed by atoms with Crippen molar-refractivity contribution in [3.05, 3.63) is 99.0 Å². The Morgan fingerprint density at radius 3 is 2.45 bits per heavy atom. The summed E-state index contributed by atoms with van der Waals surface area (Å²) in [5.74, 6) is -1.69. The molecule has 1 amide bonds. The number of carboxylic acids is 1. The maximum Gasteiger partial charge on any atom is 0.313 e. The molecule has 2 atom stereocenters. The van der Waals surface area contributed by atoms with Crippen LogP contribution in [0.25, 0.3) is 0 Å². The smallest absolute Gasteiger partial charge is 0.313 e. The van der Waals surface area contributed by atoms with Crippen LogP contribution in [0.3, 0.4) is 0 Å². The fourth-order valence-corrected chi connectivity index (χ4v) is 4.66. The van der Waals surface area contributed by atoms with E-state index in [1.54, 1.807) is 60.5 Å². The molecule has 0 aromatic heterocycles. The molecule has 0 radical (unpaired) electrons. The van der Waals surface area contributed by atoms with Crippen LogP contribution in [0.4, 0.5) is 0 Å². The van der Waals surface area contributed by atoms with E-state index in [0.29, 0.717) is 32.5 Å². The molecule has 1 heterocycles. The lowest BCUT2D eigenvalue weighted by Crippen LogP contribution is -2.44. The summed E-state index contributed by atoms with van der Waals surface area (Å²) >= 11 is 12.6. The summed E-state index contributed by atoms with van der Waals surface area (Å²) in [5.41, 5.74) is 2.12. The van der Waals surface area contributed by atoms with Crippen LogP contribution in [-0.4, -0.2) is 29.0 Å². The van der Waals surface area contributed by atoms with E-state index in [1.807, 2.05) is 18.2 Å². The summed E-state index contributed by atoms with van der Waals surface area (Å²) in [6.45, 7) is 0.157. The molecule has 1 aliphatic heterocycles. The Hall–Kier alpha value is -3.02. The van der Waals surface area contributed by atoms with Crippen molar-refractivity contribution in [3.8, 4) is 5.75 Å². The van der Waals surface area contributed by atoms with E-state index in [2.05, 4.69) is 0 Å². The summed E-state index contributed by atoms with van der Waals surface area (Å²) in [4.78, 5) is 27.6. The number of methoxy groups -OCH3 is 1. The highest BCUT2D eigenvalue weighted by atomic mass is 35.5. The van der Waals surface area contributed by atoms with Gasteiger partial charge in [-0.05, 0) is 35.4 Å². The van der Waals surface area contributed by atoms with E-state index < -0.39 is 17.9 Å². The fraction of sp³-hybridized carbons (Fsp3) is 0.167. The van der Waals surface area contributed by atoms with Crippen LogP contribution >= 0.6 is 23.2 Å². The van der Waals surface area contributed by atoms with Gasteiger partial charge in [-0.25, -0.2) is 0 Å². The molecule has 3 aromatic carbocycles. The first-order valence-corrected chi connectivity index (χ1v) is 10.4. The normalized spacial score (nSPS) is 17.9. The van der Waals surface area contributed by atoms with Crippen LogP contribution in [0.5, 0.6) is 5.75 Å². The van der Waals surface area contributed by atoms with Gasteiger partial charge in [0.15, 0.2) is 0 Å². The van der Waals surface area contributed by atoms with Crippen molar-refractivity contribution in [1.29, 1.82) is 0 Å². The molecule has 3 aromatic rings. The summed E-state index contributed by atoms with van der Waals surface area (Å²) in [6.07, 6.45) is 0. The lowest BCUT2D eigenvalue weighted by Gasteiger charge is -2.41. The Balaban J connectivity index is 1.93. The molecule has 0 spiro atoms. The first-order chi connectivity index (χ1) is 14.9. The topological polar surface area (TPSA) is 66.8 Å². The molecule has 0 bridgehead atoms. The zero-order valence-corrected chi connectivity index (χ0v) is 18.1. The van der Waals surface area contributed by atoms with Gasteiger partial charge in [-0.15, -0.1) is 0 Å². The molecular weight excluding hydrogens is 437 g/mol. The van der Waals surface area contributed by atoms with Gasteiger partial charge in [-0.2, -0.15) is 0 Å². The third-order valence-electron chi connectivity index (χ3n) is 5.52. The zero-order chi connectivity index (χ0) is 22.1. The Kier molecular flexibility index (Phi) is 5.90. The second-order valence-corrected chi connectivity index (χ2v) is 8.10. The van der Waals surface area contributed by atoms with Gasteiger partial charge in [0.1, 0.15) is 11.7 Å². The highest BCUT2D eigenvalue weighted by molar-refractivity contribution is 6.35. The van der Waals surface area contributed by atoms with E-state index in [9.17, 15) is 14.7 Å². The first-order valence-electron chi connectivity index (χ1n) is 9.62. The number of carbonyl (C=O) groups is 2. The Morgan fingerprint density at radius 2 is 1.74 bits per heavy atom. The SMILES string of the molecule is COc1ccccc1CN1C(=O)c2ccccc2C(C(=O)O)C1c1ccc(Cl)cc1Cl. The summed E-state index contributed by atoms with van der Waals surface area (Å²) in [6, 6.07) is 18.2. The summed E-state index contributed by atoms with van der Waals surface area (Å²) in [5, 5.41) is 10.9. The van der Waals surface area contributed by atoms with Crippen LogP contribution in [-0.2, 0) is 11.3 Å². The zero-order valence-electron chi connectivity index (χ0n) is 16.6. The maximum atomic E-state index is 13.6. The van der Waals surface area contributed by atoms with E-state index in [0.717, 1.165) is 5.56 Å². The van der Waals surface area contributed by atoms with Gasteiger partial charge in [0.25, 0.3) is 5.91 Å². The number of halogens is 2. The van der Waals surface area contributed by atoms with Crippen LogP contribution in [0.15, 0.2) is 66.7 Å². The van der Waals surface area contributed by atoms with Crippen molar-refractivity contribution in [2.24, 2.45) is 0 Å². The molecule has 0 aliphatic carbocycles. The number of aliphatic carboxylic acids is 1. The Labute approximate surface area is 189 Å². The van der Waals surface area contributed by atoms with Gasteiger partial charge < -0.3 is 14.7 Å². The number of para-hydroxylation sites is 1. The molecule has 2 unspecified atom stereocenters. The molecule has 4 rings (SSSR count). The lowest BCUT2D eigenvalue weighted by atomic mass is 9.79. The van der Waals surface area contributed by atoms with Crippen LogP contribution in [0.1, 0.15) is 39.0 Å². The first kappa shape index (κ1) is 21.2. The molecule has 7 heteroatoms. The van der Waals surface area contributed by atoms with Crippen molar-refractivity contribution in [2.75, 3.05) is 7.11 Å². The minimum Gasteiger partial charge on any atom is -0.496 e. The largest absolute Gasteiger partial charge is 0.496 e. The van der Waals surface area contributed by atoms with Crippen molar-refractivity contribution in [2.45, 2.75) is 18.5 Å². The van der Waals surface area contributed by atoms with Gasteiger partial charge >= 0.3 is 5.97 Å². The van der Waals surface area contributed by atoms with E-state index in [4.69, 9.17) is 27.9 Å². The van der Waals surface area contributed by atoms with Crippen molar-refractivity contribution in [1.82, 2.24) is 4.90 Å². The molecule has 5 nitrogen and oxygen atoms in total. The second kappa shape index (κ2) is 8.61. The number of benzene rings is 3. The number of nitrogens with zero attached hydrogens (tertiary/aromatic N) is 1. The molecule has 0 saturated heterocycles. The fourth-order valence-electron chi connectivity index (χ4n) is 4.14. The standard InChI is InChI=1S/C24H19Cl2NO4/c1-31-20-9-5-2-6-14(20)13-27-22(18-11-10-15(25)12-19(18)26)21(24(29)30)16-7-3-4-8-17(16)23(27)28/h2-12,21-22H,13H2,1H3,(H,29,30). The Morgan fingerprint density at radius 1 is 1.03 bits per heavy atom. The van der Waals surface area contributed by atoms with Gasteiger partial charge in [0.2, 0.25) is 0 Å². The second-order valence-electron chi connectivity index (χ2n) is 7.26. The predicted molar refractivity (Wildman–Crippen MR) is 119 cm³/mol. The van der Waals surface area contributed by atoms with Gasteiger partial charge in [-0.3, -0.25) is 9.59 Å². The highest BCUT2D eigenvalue weighted by Crippen LogP contribution is 2.46. The highest BCUT2D eigenvalue weighted by Gasteiger charge is 2.45. The number of ether oxygens (including phenoxy) is 1. The number of amides is 1. The average molecular weight is 456 g/mol. The number of carboxylic acid groups (broad SMARTS) is 1. The minimum atomic E-state index is -1.04. The van der Waals surface area contributed by atoms with Gasteiger partial charge in [-0.1, -0.05) is 65.7 Å². The molecular formula is C24H19Cl2NO4. The molecule has 1 N–H and O–H groups in total. The number of fused-ring (bicyclic) bond motifs is 1. The molecule has 158 valence electrons. The van der Waals surface area contributed by atoms with Crippen molar-refractivity contribution in [3.63, 3.8) is 0 Å². The van der Waals surface area contributed by atoms with Crippen molar-refractivity contribution >= 4 is 35.1 Å². The predicted octanol–water partition coefficient (Wildman–Crippen LogP) is 5.57. The van der Waals surface area contributed by atoms with Gasteiger partial charge in [0, 0.05) is 21.2 Å². The number of carbonyl (C=O) groups excluding carboxylic acids is 1. The van der Waals surface area contributed by atoms with Crippen LogP contribution in [0, 0.1) is 0 Å². The molecule has 31 heavy (non-hydrogen) atoms. The number of hydrogen-bond donors (Lipinski definition) is 1. The molecule has 1 aliphatic rings. The molecule has 0 fully saturated rings. The summed E-state index contributed by atoms with van der Waals surface area (Å²) in [7, 11) is 1.56. The van der Waals surface area contributed by atoms with E-state index >= 15 is 0 Å². The monoisotopic (exact) mass is 455 g/mol. The van der Waals surface area contributed by atoms with Crippen LogP contribution < -0.4 is 4.74 Å². The number of rotatable bonds is 5. The van der Waals surface area contributed by atoms with E-state index in [-0.39, 0.29) is 12.5 Å². The van der Waals surface area contributed by atoms with Crippen LogP contribution in [0.2, 0.25) is 10.0 Å².